The van der Waals surface area contributed by atoms with E-state index in [1.54, 1.807) is 20.5 Å². The molecular formula is C27H24N4O3. The van der Waals surface area contributed by atoms with Crippen LogP contribution in [0.4, 0.5) is 5.95 Å². The van der Waals surface area contributed by atoms with Crippen LogP contribution in [0.3, 0.4) is 0 Å². The number of aryl methyl sites for hydroxylation is 1. The van der Waals surface area contributed by atoms with Gasteiger partial charge in [-0.3, -0.25) is 0 Å². The second-order valence-corrected chi connectivity index (χ2v) is 8.40. The predicted molar refractivity (Wildman–Crippen MR) is 129 cm³/mol. The molecule has 34 heavy (non-hydrogen) atoms. The molecule has 2 atom stereocenters. The van der Waals surface area contributed by atoms with Crippen LogP contribution in [-0.4, -0.2) is 29.0 Å². The van der Waals surface area contributed by atoms with Crippen LogP contribution in [0.25, 0.3) is 5.70 Å². The van der Waals surface area contributed by atoms with Crippen LogP contribution in [0.1, 0.15) is 34.4 Å². The van der Waals surface area contributed by atoms with Crippen molar-refractivity contribution in [3.63, 3.8) is 0 Å². The van der Waals surface area contributed by atoms with Crippen molar-refractivity contribution in [2.75, 3.05) is 19.5 Å². The fraction of sp³-hybridized carbons (Fsp3) is 0.185. The first-order valence-corrected chi connectivity index (χ1v) is 11.1. The van der Waals surface area contributed by atoms with E-state index in [1.165, 1.54) is 0 Å². The maximum Gasteiger partial charge on any atom is 0.226 e. The summed E-state index contributed by atoms with van der Waals surface area (Å²) in [6.07, 6.45) is 1.17. The maximum absolute atomic E-state index is 6.72. The molecule has 0 saturated heterocycles. The molecule has 0 amide bonds. The van der Waals surface area contributed by atoms with Crippen molar-refractivity contribution in [1.82, 2.24) is 14.8 Å². The number of rotatable bonds is 4. The number of fused-ring (bicyclic) bond motifs is 3. The van der Waals surface area contributed by atoms with Crippen LogP contribution in [-0.2, 0) is 0 Å². The van der Waals surface area contributed by atoms with Gasteiger partial charge in [-0.05, 0) is 36.8 Å². The molecule has 7 nitrogen and oxygen atoms in total. The number of benzene rings is 3. The van der Waals surface area contributed by atoms with Gasteiger partial charge in [0.15, 0.2) is 6.10 Å². The zero-order valence-electron chi connectivity index (χ0n) is 19.1. The van der Waals surface area contributed by atoms with Gasteiger partial charge in [0, 0.05) is 22.8 Å². The Morgan fingerprint density at radius 1 is 0.971 bits per heavy atom. The van der Waals surface area contributed by atoms with Gasteiger partial charge < -0.3 is 19.5 Å². The molecule has 0 spiro atoms. The van der Waals surface area contributed by atoms with Crippen molar-refractivity contribution < 1.29 is 14.2 Å². The fourth-order valence-corrected chi connectivity index (χ4v) is 4.83. The van der Waals surface area contributed by atoms with E-state index in [9.17, 15) is 0 Å². The second-order valence-electron chi connectivity index (χ2n) is 8.40. The van der Waals surface area contributed by atoms with Crippen LogP contribution in [0, 0.1) is 6.92 Å². The Bertz CT molecular complexity index is 1410. The molecule has 1 aromatic heterocycles. The Labute approximate surface area is 197 Å². The molecule has 0 fully saturated rings. The highest BCUT2D eigenvalue weighted by molar-refractivity contribution is 5.85. The molecule has 1 N–H and O–H groups in total. The smallest absolute Gasteiger partial charge is 0.226 e. The summed E-state index contributed by atoms with van der Waals surface area (Å²) in [7, 11) is 3.31. The van der Waals surface area contributed by atoms with E-state index in [0.29, 0.717) is 11.7 Å². The lowest BCUT2D eigenvalue weighted by molar-refractivity contribution is 0.217. The minimum Gasteiger partial charge on any atom is -0.497 e. The van der Waals surface area contributed by atoms with Gasteiger partial charge in [0.25, 0.3) is 0 Å². The van der Waals surface area contributed by atoms with E-state index in [0.717, 1.165) is 45.0 Å². The first kappa shape index (κ1) is 20.4. The molecule has 0 saturated carbocycles. The zero-order valence-corrected chi connectivity index (χ0v) is 19.1. The Morgan fingerprint density at radius 3 is 2.62 bits per heavy atom. The molecule has 3 aromatic carbocycles. The average Bonchev–Trinajstić information content (AvgIpc) is 3.35. The van der Waals surface area contributed by atoms with Gasteiger partial charge in [0.1, 0.15) is 29.6 Å². The summed E-state index contributed by atoms with van der Waals surface area (Å²) in [5.74, 6) is 2.92. The summed E-state index contributed by atoms with van der Waals surface area (Å²) in [6, 6.07) is 22.2. The largest absolute Gasteiger partial charge is 0.497 e. The van der Waals surface area contributed by atoms with Crippen LogP contribution >= 0.6 is 0 Å². The Hall–Kier alpha value is -4.26. The van der Waals surface area contributed by atoms with E-state index in [-0.39, 0.29) is 6.04 Å². The monoisotopic (exact) mass is 452 g/mol. The normalized spacial score (nSPS) is 18.2. The molecule has 4 aromatic rings. The van der Waals surface area contributed by atoms with Crippen molar-refractivity contribution in [2.24, 2.45) is 0 Å². The summed E-state index contributed by atoms with van der Waals surface area (Å²) < 4.78 is 19.9. The van der Waals surface area contributed by atoms with Gasteiger partial charge in [0.2, 0.25) is 5.95 Å². The molecule has 0 aliphatic carbocycles. The molecule has 170 valence electrons. The van der Waals surface area contributed by atoms with Gasteiger partial charge in [-0.15, -0.1) is 0 Å². The lowest BCUT2D eigenvalue weighted by atomic mass is 9.84. The van der Waals surface area contributed by atoms with Gasteiger partial charge in [-0.2, -0.15) is 10.1 Å². The average molecular weight is 453 g/mol. The molecule has 6 rings (SSSR count). The minimum atomic E-state index is -0.416. The highest BCUT2D eigenvalue weighted by Crippen LogP contribution is 2.52. The second kappa shape index (κ2) is 7.95. The van der Waals surface area contributed by atoms with Crippen molar-refractivity contribution in [3.05, 3.63) is 101 Å². The highest BCUT2D eigenvalue weighted by atomic mass is 16.5. The third-order valence-corrected chi connectivity index (χ3v) is 6.41. The van der Waals surface area contributed by atoms with Crippen LogP contribution in [0.15, 0.2) is 78.6 Å². The summed E-state index contributed by atoms with van der Waals surface area (Å²) in [5.41, 5.74) is 6.20. The molecule has 0 radical (unpaired) electrons. The van der Waals surface area contributed by atoms with Gasteiger partial charge >= 0.3 is 0 Å². The first-order valence-electron chi connectivity index (χ1n) is 11.1. The highest BCUT2D eigenvalue weighted by Gasteiger charge is 2.41. The van der Waals surface area contributed by atoms with Crippen molar-refractivity contribution in [1.29, 1.82) is 0 Å². The minimum absolute atomic E-state index is 0.208. The lowest BCUT2D eigenvalue weighted by Crippen LogP contribution is -2.32. The Kier molecular flexibility index (Phi) is 4.76. The zero-order chi connectivity index (χ0) is 23.2. The molecule has 7 heteroatoms. The fourth-order valence-electron chi connectivity index (χ4n) is 4.83. The molecule has 3 heterocycles. The molecule has 0 unspecified atom stereocenters. The van der Waals surface area contributed by atoms with Gasteiger partial charge in [0.05, 0.1) is 19.9 Å². The van der Waals surface area contributed by atoms with Gasteiger partial charge in [-0.25, -0.2) is 4.68 Å². The van der Waals surface area contributed by atoms with Crippen LogP contribution < -0.4 is 19.5 Å². The summed E-state index contributed by atoms with van der Waals surface area (Å²) >= 11 is 0. The van der Waals surface area contributed by atoms with Crippen LogP contribution in [0.2, 0.25) is 0 Å². The molecule has 0 bridgehead atoms. The third kappa shape index (κ3) is 3.12. The third-order valence-electron chi connectivity index (χ3n) is 6.41. The quantitative estimate of drug-likeness (QED) is 0.461. The topological polar surface area (TPSA) is 70.4 Å². The number of nitrogens with one attached hydrogen (secondary N) is 1. The van der Waals surface area contributed by atoms with Crippen molar-refractivity contribution in [3.8, 4) is 17.2 Å². The Balaban J connectivity index is 1.64. The number of nitrogens with zero attached hydrogens (tertiary/aromatic N) is 3. The first-order chi connectivity index (χ1) is 16.7. The molecule has 2 aliphatic heterocycles. The number of methoxy groups -OCH3 is 2. The van der Waals surface area contributed by atoms with Gasteiger partial charge in [-0.1, -0.05) is 42.0 Å². The van der Waals surface area contributed by atoms with E-state index in [1.807, 2.05) is 47.1 Å². The van der Waals surface area contributed by atoms with Crippen molar-refractivity contribution in [2.45, 2.75) is 19.1 Å². The standard InChI is InChI=1S/C27H24N4O3/c1-16-9-12-21-20(13-16)24-23(26(34-21)19-11-10-18(32-2)14-22(19)33-3)25(17-7-5-4-6-8-17)31-27(30-24)28-15-29-31/h4-15,25-26H,1-3H3,(H,28,29,30)/t25-,26+/m1/s1. The molecular weight excluding hydrogens is 428 g/mol. The van der Waals surface area contributed by atoms with E-state index in [4.69, 9.17) is 14.2 Å². The van der Waals surface area contributed by atoms with E-state index < -0.39 is 6.10 Å². The Morgan fingerprint density at radius 2 is 1.82 bits per heavy atom. The number of aromatic nitrogens is 3. The van der Waals surface area contributed by atoms with Crippen molar-refractivity contribution >= 4 is 11.6 Å². The number of hydrogen-bond donors (Lipinski definition) is 1. The predicted octanol–water partition coefficient (Wildman–Crippen LogP) is 5.16. The van der Waals surface area contributed by atoms with E-state index in [2.05, 4.69) is 46.6 Å². The molecule has 2 aliphatic rings. The number of anilines is 1. The number of hydrogen-bond acceptors (Lipinski definition) is 6. The van der Waals surface area contributed by atoms with Crippen LogP contribution in [0.5, 0.6) is 17.2 Å². The maximum atomic E-state index is 6.72. The SMILES string of the molecule is COc1ccc([C@@H]2Oc3ccc(C)cc3C3=C2[C@@H](c2ccccc2)n2ncnc2N3)c(OC)c1. The van der Waals surface area contributed by atoms with E-state index >= 15 is 0 Å². The lowest BCUT2D eigenvalue weighted by Gasteiger charge is -2.39. The summed E-state index contributed by atoms with van der Waals surface area (Å²) in [5, 5.41) is 8.12. The summed E-state index contributed by atoms with van der Waals surface area (Å²) in [4.78, 5) is 4.50. The summed E-state index contributed by atoms with van der Waals surface area (Å²) in [6.45, 7) is 2.08. The number of ether oxygens (including phenoxy) is 3.